The second-order valence-corrected chi connectivity index (χ2v) is 9.20. The van der Waals surface area contributed by atoms with Crippen molar-refractivity contribution in [1.82, 2.24) is 20.1 Å². The van der Waals surface area contributed by atoms with Crippen LogP contribution in [-0.4, -0.2) is 51.2 Å². The summed E-state index contributed by atoms with van der Waals surface area (Å²) in [5.41, 5.74) is 2.26. The molecule has 0 saturated carbocycles. The monoisotopic (exact) mass is 509 g/mol. The molecule has 190 valence electrons. The molecule has 1 aromatic heterocycles. The molecule has 1 unspecified atom stereocenters. The molecule has 2 aromatic carbocycles. The number of allylic oxidation sites excluding steroid dienone is 1. The van der Waals surface area contributed by atoms with Gasteiger partial charge in [-0.1, -0.05) is 49.9 Å². The average molecular weight is 510 g/mol. The molecule has 0 bridgehead atoms. The van der Waals surface area contributed by atoms with Gasteiger partial charge in [0.2, 0.25) is 5.91 Å². The van der Waals surface area contributed by atoms with E-state index in [9.17, 15) is 14.7 Å². The quantitative estimate of drug-likeness (QED) is 0.251. The van der Waals surface area contributed by atoms with Crippen molar-refractivity contribution >= 4 is 29.3 Å². The fraction of sp³-hybridized carbons (Fsp3) is 0.308. The minimum absolute atomic E-state index is 0.115. The molecule has 3 aromatic rings. The van der Waals surface area contributed by atoms with E-state index in [2.05, 4.69) is 41.3 Å². The Morgan fingerprint density at radius 2 is 1.89 bits per heavy atom. The zero-order chi connectivity index (χ0) is 26.1. The molecule has 10 heteroatoms. The highest BCUT2D eigenvalue weighted by atomic mass is 32.2. The number of carbonyl (C=O) groups is 2. The topological polar surface area (TPSA) is 118 Å². The number of carbonyl (C=O) groups excluding carboxylic acids is 2. The van der Waals surface area contributed by atoms with Crippen LogP contribution in [0.25, 0.3) is 0 Å². The Hall–Kier alpha value is -3.63. The van der Waals surface area contributed by atoms with Gasteiger partial charge in [-0.2, -0.15) is 0 Å². The van der Waals surface area contributed by atoms with Gasteiger partial charge >= 0.3 is 0 Å². The summed E-state index contributed by atoms with van der Waals surface area (Å²) in [5, 5.41) is 24.6. The maximum absolute atomic E-state index is 12.7. The SMILES string of the molecule is C=CCn1c(SCC(=O)Nc2ccccc2C(C)C)nnc1C(CO)NC(=O)c1ccc(OC)cc1. The van der Waals surface area contributed by atoms with E-state index in [1.54, 1.807) is 42.0 Å². The molecular formula is C26H31N5O4S. The third-order valence-electron chi connectivity index (χ3n) is 5.40. The molecular weight excluding hydrogens is 478 g/mol. The van der Waals surface area contributed by atoms with E-state index in [4.69, 9.17) is 4.74 Å². The summed E-state index contributed by atoms with van der Waals surface area (Å²) in [6.45, 7) is 7.89. The van der Waals surface area contributed by atoms with Gasteiger partial charge in [0.05, 0.1) is 19.5 Å². The number of nitrogens with one attached hydrogen (secondary N) is 2. The molecule has 0 radical (unpaired) electrons. The highest BCUT2D eigenvalue weighted by Crippen LogP contribution is 2.25. The van der Waals surface area contributed by atoms with Crippen molar-refractivity contribution in [3.63, 3.8) is 0 Å². The first-order chi connectivity index (χ1) is 17.4. The largest absolute Gasteiger partial charge is 0.497 e. The van der Waals surface area contributed by atoms with Crippen LogP contribution in [0, 0.1) is 0 Å². The van der Waals surface area contributed by atoms with Crippen molar-refractivity contribution in [3.8, 4) is 5.75 Å². The summed E-state index contributed by atoms with van der Waals surface area (Å²) >= 11 is 1.22. The van der Waals surface area contributed by atoms with Crippen LogP contribution in [0.15, 0.2) is 66.3 Å². The molecule has 0 spiro atoms. The van der Waals surface area contributed by atoms with Gasteiger partial charge in [-0.15, -0.1) is 16.8 Å². The first kappa shape index (κ1) is 27.0. The van der Waals surface area contributed by atoms with Gasteiger partial charge < -0.3 is 25.0 Å². The number of aliphatic hydroxyl groups excluding tert-OH is 1. The van der Waals surface area contributed by atoms with E-state index < -0.39 is 6.04 Å². The van der Waals surface area contributed by atoms with Gasteiger partial charge in [0.15, 0.2) is 11.0 Å². The Morgan fingerprint density at radius 1 is 1.17 bits per heavy atom. The summed E-state index contributed by atoms with van der Waals surface area (Å²) in [7, 11) is 1.55. The molecule has 0 aliphatic heterocycles. The lowest BCUT2D eigenvalue weighted by atomic mass is 10.0. The minimum Gasteiger partial charge on any atom is -0.497 e. The molecule has 2 amide bonds. The van der Waals surface area contributed by atoms with Gasteiger partial charge in [-0.3, -0.25) is 9.59 Å². The van der Waals surface area contributed by atoms with Crippen LogP contribution in [0.5, 0.6) is 5.75 Å². The fourth-order valence-electron chi connectivity index (χ4n) is 3.57. The maximum Gasteiger partial charge on any atom is 0.251 e. The van der Waals surface area contributed by atoms with E-state index in [1.807, 2.05) is 24.3 Å². The number of amides is 2. The number of nitrogens with zero attached hydrogens (tertiary/aromatic N) is 3. The third-order valence-corrected chi connectivity index (χ3v) is 6.36. The van der Waals surface area contributed by atoms with Gasteiger partial charge in [0.1, 0.15) is 11.8 Å². The van der Waals surface area contributed by atoms with E-state index >= 15 is 0 Å². The minimum atomic E-state index is -0.798. The number of rotatable bonds is 12. The Morgan fingerprint density at radius 3 is 2.53 bits per heavy atom. The number of methoxy groups -OCH3 is 1. The molecule has 3 N–H and O–H groups in total. The number of hydrogen-bond acceptors (Lipinski definition) is 7. The van der Waals surface area contributed by atoms with Crippen molar-refractivity contribution in [2.45, 2.75) is 37.5 Å². The second-order valence-electron chi connectivity index (χ2n) is 8.26. The van der Waals surface area contributed by atoms with Gasteiger partial charge in [-0.05, 0) is 41.8 Å². The van der Waals surface area contributed by atoms with Gasteiger partial charge in [0, 0.05) is 17.8 Å². The van der Waals surface area contributed by atoms with Gasteiger partial charge in [-0.25, -0.2) is 0 Å². The second kappa shape index (κ2) is 12.9. The number of ether oxygens (including phenoxy) is 1. The zero-order valence-corrected chi connectivity index (χ0v) is 21.4. The fourth-order valence-corrected chi connectivity index (χ4v) is 4.33. The summed E-state index contributed by atoms with van der Waals surface area (Å²) in [4.78, 5) is 25.4. The van der Waals surface area contributed by atoms with Crippen LogP contribution < -0.4 is 15.4 Å². The number of hydrogen-bond donors (Lipinski definition) is 3. The van der Waals surface area contributed by atoms with Crippen LogP contribution in [0.2, 0.25) is 0 Å². The van der Waals surface area contributed by atoms with Crippen molar-refractivity contribution < 1.29 is 19.4 Å². The molecule has 1 heterocycles. The van der Waals surface area contributed by atoms with Gasteiger partial charge in [0.25, 0.3) is 5.91 Å². The highest BCUT2D eigenvalue weighted by molar-refractivity contribution is 7.99. The van der Waals surface area contributed by atoms with Crippen molar-refractivity contribution in [2.24, 2.45) is 0 Å². The summed E-state index contributed by atoms with van der Waals surface area (Å²) in [6.07, 6.45) is 1.66. The van der Waals surface area contributed by atoms with Crippen LogP contribution in [0.3, 0.4) is 0 Å². The number of thioether (sulfide) groups is 1. The zero-order valence-electron chi connectivity index (χ0n) is 20.6. The first-order valence-electron chi connectivity index (χ1n) is 11.5. The number of aliphatic hydroxyl groups is 1. The number of anilines is 1. The first-order valence-corrected chi connectivity index (χ1v) is 12.5. The Kier molecular flexibility index (Phi) is 9.66. The normalized spacial score (nSPS) is 11.7. The standard InChI is InChI=1S/C26H31N5O4S/c1-5-14-31-24(22(15-32)28-25(34)18-10-12-19(35-4)13-11-18)29-30-26(31)36-16-23(33)27-21-9-7-6-8-20(21)17(2)3/h5-13,17,22,32H,1,14-16H2,2-4H3,(H,27,33)(H,28,34). The van der Waals surface area contributed by atoms with Crippen molar-refractivity contribution in [3.05, 3.63) is 78.1 Å². The Labute approximate surface area is 215 Å². The number of para-hydroxylation sites is 1. The molecule has 3 rings (SSSR count). The predicted octanol–water partition coefficient (Wildman–Crippen LogP) is 3.79. The molecule has 9 nitrogen and oxygen atoms in total. The lowest BCUT2D eigenvalue weighted by Gasteiger charge is -2.17. The van der Waals surface area contributed by atoms with Crippen molar-refractivity contribution in [2.75, 3.05) is 24.8 Å². The summed E-state index contributed by atoms with van der Waals surface area (Å²) in [6, 6.07) is 13.5. The smallest absolute Gasteiger partial charge is 0.251 e. The summed E-state index contributed by atoms with van der Waals surface area (Å²) < 4.78 is 6.85. The van der Waals surface area contributed by atoms with E-state index in [1.165, 1.54) is 11.8 Å². The number of aromatic nitrogens is 3. The Balaban J connectivity index is 1.71. The maximum atomic E-state index is 12.7. The number of benzene rings is 2. The lowest BCUT2D eigenvalue weighted by molar-refractivity contribution is -0.113. The molecule has 0 aliphatic rings. The lowest BCUT2D eigenvalue weighted by Crippen LogP contribution is -2.33. The predicted molar refractivity (Wildman–Crippen MR) is 140 cm³/mol. The summed E-state index contributed by atoms with van der Waals surface area (Å²) in [5.74, 6) is 0.846. The Bertz CT molecular complexity index is 1190. The molecule has 0 saturated heterocycles. The molecule has 0 fully saturated rings. The molecule has 0 aliphatic carbocycles. The van der Waals surface area contributed by atoms with Crippen LogP contribution >= 0.6 is 11.8 Å². The van der Waals surface area contributed by atoms with E-state index in [0.29, 0.717) is 28.8 Å². The third kappa shape index (κ3) is 6.73. The van der Waals surface area contributed by atoms with Crippen molar-refractivity contribution in [1.29, 1.82) is 0 Å². The highest BCUT2D eigenvalue weighted by Gasteiger charge is 2.23. The molecule has 36 heavy (non-hydrogen) atoms. The van der Waals surface area contributed by atoms with Crippen LogP contribution in [-0.2, 0) is 11.3 Å². The average Bonchev–Trinajstić information content (AvgIpc) is 3.28. The molecule has 1 atom stereocenters. The van der Waals surface area contributed by atoms with E-state index in [0.717, 1.165) is 11.3 Å². The van der Waals surface area contributed by atoms with E-state index in [-0.39, 0.29) is 30.1 Å². The van der Waals surface area contributed by atoms with Crippen LogP contribution in [0.4, 0.5) is 5.69 Å². The van der Waals surface area contributed by atoms with Crippen LogP contribution in [0.1, 0.15) is 47.6 Å².